The highest BCUT2D eigenvalue weighted by molar-refractivity contribution is 14.1. The molecule has 70 valence electrons. The molecule has 0 fully saturated rings. The van der Waals surface area contributed by atoms with E-state index < -0.39 is 0 Å². The molecule has 1 aromatic carbocycles. The van der Waals surface area contributed by atoms with Gasteiger partial charge in [0.05, 0.1) is 6.61 Å². The third-order valence-corrected chi connectivity index (χ3v) is 2.76. The molecule has 0 spiro atoms. The molecule has 13 heavy (non-hydrogen) atoms. The molecule has 3 nitrogen and oxygen atoms in total. The summed E-state index contributed by atoms with van der Waals surface area (Å²) in [6.07, 6.45) is 0.812. The maximum atomic E-state index is 9.57. The Hall–Kier alpha value is -0.490. The summed E-state index contributed by atoms with van der Waals surface area (Å²) in [5.74, 6) is 0.746. The Morgan fingerprint density at radius 2 is 2.31 bits per heavy atom. The summed E-state index contributed by atoms with van der Waals surface area (Å²) >= 11 is 2.15. The highest BCUT2D eigenvalue weighted by Gasteiger charge is 2.21. The van der Waals surface area contributed by atoms with Gasteiger partial charge in [0, 0.05) is 21.6 Å². The van der Waals surface area contributed by atoms with Gasteiger partial charge in [-0.1, -0.05) is 0 Å². The average Bonchev–Trinajstić information content (AvgIpc) is 2.07. The standard InChI is InChI=1S/C9H10INO2/c10-5-3-6-7(11)1-2-13-9(6)8(12)4-5/h3-4,7,12H,1-2,11H2/t7-/m0/s1. The van der Waals surface area contributed by atoms with E-state index >= 15 is 0 Å². The van der Waals surface area contributed by atoms with Gasteiger partial charge in [0.1, 0.15) is 0 Å². The summed E-state index contributed by atoms with van der Waals surface area (Å²) in [5.41, 5.74) is 6.80. The lowest BCUT2D eigenvalue weighted by Gasteiger charge is -2.23. The number of aromatic hydroxyl groups is 1. The van der Waals surface area contributed by atoms with Gasteiger partial charge in [-0.15, -0.1) is 0 Å². The van der Waals surface area contributed by atoms with Gasteiger partial charge in [0.25, 0.3) is 0 Å². The van der Waals surface area contributed by atoms with Crippen LogP contribution in [0.25, 0.3) is 0 Å². The van der Waals surface area contributed by atoms with Crippen LogP contribution in [0.15, 0.2) is 12.1 Å². The summed E-state index contributed by atoms with van der Waals surface area (Å²) < 4.78 is 6.33. The second kappa shape index (κ2) is 3.34. The summed E-state index contributed by atoms with van der Waals surface area (Å²) in [7, 11) is 0. The first kappa shape index (κ1) is 9.08. The summed E-state index contributed by atoms with van der Waals surface area (Å²) in [4.78, 5) is 0. The Morgan fingerprint density at radius 3 is 3.08 bits per heavy atom. The lowest BCUT2D eigenvalue weighted by molar-refractivity contribution is 0.255. The van der Waals surface area contributed by atoms with E-state index in [1.165, 1.54) is 0 Å². The van der Waals surface area contributed by atoms with Crippen LogP contribution in [0, 0.1) is 3.57 Å². The van der Waals surface area contributed by atoms with Crippen LogP contribution < -0.4 is 10.5 Å². The fourth-order valence-electron chi connectivity index (χ4n) is 1.48. The van der Waals surface area contributed by atoms with Crippen LogP contribution in [0.2, 0.25) is 0 Å². The predicted molar refractivity (Wildman–Crippen MR) is 57.9 cm³/mol. The Bertz CT molecular complexity index is 341. The molecular formula is C9H10INO2. The van der Waals surface area contributed by atoms with Crippen molar-refractivity contribution in [2.75, 3.05) is 6.61 Å². The normalized spacial score (nSPS) is 20.6. The molecule has 2 rings (SSSR count). The summed E-state index contributed by atoms with van der Waals surface area (Å²) in [6.45, 7) is 0.586. The SMILES string of the molecule is N[C@H]1CCOc2c(O)cc(I)cc21. The third kappa shape index (κ3) is 1.60. The number of benzene rings is 1. The summed E-state index contributed by atoms with van der Waals surface area (Å²) in [6, 6.07) is 3.63. The number of phenols is 1. The monoisotopic (exact) mass is 291 g/mol. The molecule has 0 amide bonds. The smallest absolute Gasteiger partial charge is 0.165 e. The zero-order valence-electron chi connectivity index (χ0n) is 6.96. The Balaban J connectivity index is 2.56. The topological polar surface area (TPSA) is 55.5 Å². The fourth-order valence-corrected chi connectivity index (χ4v) is 2.11. The lowest BCUT2D eigenvalue weighted by atomic mass is 10.0. The molecule has 0 saturated carbocycles. The number of phenolic OH excluding ortho intramolecular Hbond substituents is 1. The molecule has 1 atom stereocenters. The van der Waals surface area contributed by atoms with Gasteiger partial charge >= 0.3 is 0 Å². The van der Waals surface area contributed by atoms with E-state index in [2.05, 4.69) is 22.6 Å². The molecule has 0 saturated heterocycles. The molecule has 0 radical (unpaired) electrons. The van der Waals surface area contributed by atoms with Crippen molar-refractivity contribution in [1.82, 2.24) is 0 Å². The molecule has 3 N–H and O–H groups in total. The van der Waals surface area contributed by atoms with Gasteiger partial charge in [-0.2, -0.15) is 0 Å². The summed E-state index contributed by atoms with van der Waals surface area (Å²) in [5, 5.41) is 9.57. The molecule has 0 bridgehead atoms. The highest BCUT2D eigenvalue weighted by atomic mass is 127. The number of halogens is 1. The molecule has 0 aromatic heterocycles. The lowest BCUT2D eigenvalue weighted by Crippen LogP contribution is -2.20. The van der Waals surface area contributed by atoms with E-state index in [-0.39, 0.29) is 11.8 Å². The Kier molecular flexibility index (Phi) is 2.33. The minimum atomic E-state index is -0.00985. The van der Waals surface area contributed by atoms with Gasteiger partial charge in [-0.3, -0.25) is 0 Å². The van der Waals surface area contributed by atoms with Crippen LogP contribution in [0.5, 0.6) is 11.5 Å². The molecule has 1 aliphatic heterocycles. The molecular weight excluding hydrogens is 281 g/mol. The van der Waals surface area contributed by atoms with Crippen molar-refractivity contribution >= 4 is 22.6 Å². The van der Waals surface area contributed by atoms with Crippen molar-refractivity contribution < 1.29 is 9.84 Å². The van der Waals surface area contributed by atoms with Gasteiger partial charge in [0.15, 0.2) is 11.5 Å². The van der Waals surface area contributed by atoms with E-state index in [1.54, 1.807) is 6.07 Å². The van der Waals surface area contributed by atoms with Crippen LogP contribution in [0.4, 0.5) is 0 Å². The van der Waals surface area contributed by atoms with Gasteiger partial charge in [0.2, 0.25) is 0 Å². The van der Waals surface area contributed by atoms with Crippen LogP contribution in [0.1, 0.15) is 18.0 Å². The molecule has 1 aliphatic rings. The second-order valence-electron chi connectivity index (χ2n) is 3.09. The quantitative estimate of drug-likeness (QED) is 0.716. The second-order valence-corrected chi connectivity index (χ2v) is 4.33. The van der Waals surface area contributed by atoms with Crippen molar-refractivity contribution in [3.63, 3.8) is 0 Å². The van der Waals surface area contributed by atoms with Crippen LogP contribution in [-0.4, -0.2) is 11.7 Å². The van der Waals surface area contributed by atoms with Crippen LogP contribution in [-0.2, 0) is 0 Å². The van der Waals surface area contributed by atoms with Crippen LogP contribution in [0.3, 0.4) is 0 Å². The van der Waals surface area contributed by atoms with E-state index in [1.807, 2.05) is 6.07 Å². The van der Waals surface area contributed by atoms with Gasteiger partial charge in [-0.05, 0) is 34.7 Å². The van der Waals surface area contributed by atoms with Crippen LogP contribution >= 0.6 is 22.6 Å². The largest absolute Gasteiger partial charge is 0.504 e. The van der Waals surface area contributed by atoms with Gasteiger partial charge < -0.3 is 15.6 Å². The van der Waals surface area contributed by atoms with Gasteiger partial charge in [-0.25, -0.2) is 0 Å². The average molecular weight is 291 g/mol. The fraction of sp³-hybridized carbons (Fsp3) is 0.333. The Morgan fingerprint density at radius 1 is 1.54 bits per heavy atom. The third-order valence-electron chi connectivity index (χ3n) is 2.14. The minimum Gasteiger partial charge on any atom is -0.504 e. The van der Waals surface area contributed by atoms with Crippen molar-refractivity contribution in [2.45, 2.75) is 12.5 Å². The Labute approximate surface area is 90.0 Å². The first-order valence-electron chi connectivity index (χ1n) is 4.09. The molecule has 0 unspecified atom stereocenters. The first-order chi connectivity index (χ1) is 6.18. The molecule has 1 heterocycles. The predicted octanol–water partition coefficient (Wildman–Crippen LogP) is 1.78. The van der Waals surface area contributed by atoms with Crippen molar-refractivity contribution in [3.8, 4) is 11.5 Å². The van der Waals surface area contributed by atoms with E-state index in [4.69, 9.17) is 10.5 Å². The molecule has 1 aromatic rings. The number of ether oxygens (including phenoxy) is 1. The molecule has 0 aliphatic carbocycles. The van der Waals surface area contributed by atoms with Crippen molar-refractivity contribution in [1.29, 1.82) is 0 Å². The van der Waals surface area contributed by atoms with Crippen molar-refractivity contribution in [2.24, 2.45) is 5.73 Å². The highest BCUT2D eigenvalue weighted by Crippen LogP contribution is 2.38. The zero-order valence-corrected chi connectivity index (χ0v) is 9.11. The number of hydrogen-bond donors (Lipinski definition) is 2. The van der Waals surface area contributed by atoms with E-state index in [9.17, 15) is 5.11 Å². The first-order valence-corrected chi connectivity index (χ1v) is 5.17. The number of rotatable bonds is 0. The minimum absolute atomic E-state index is 0.00985. The number of hydrogen-bond acceptors (Lipinski definition) is 3. The number of fused-ring (bicyclic) bond motifs is 1. The molecule has 4 heteroatoms. The van der Waals surface area contributed by atoms with E-state index in [0.29, 0.717) is 12.4 Å². The van der Waals surface area contributed by atoms with Crippen molar-refractivity contribution in [3.05, 3.63) is 21.3 Å². The number of nitrogens with two attached hydrogens (primary N) is 1. The maximum Gasteiger partial charge on any atom is 0.165 e. The zero-order chi connectivity index (χ0) is 9.42. The maximum absolute atomic E-state index is 9.57. The van der Waals surface area contributed by atoms with E-state index in [0.717, 1.165) is 15.6 Å².